The minimum atomic E-state index is -0.185. The van der Waals surface area contributed by atoms with Gasteiger partial charge in [0.25, 0.3) is 5.91 Å². The second-order valence-electron chi connectivity index (χ2n) is 8.41. The van der Waals surface area contributed by atoms with Crippen LogP contribution in [0.1, 0.15) is 49.5 Å². The van der Waals surface area contributed by atoms with Crippen LogP contribution in [0.4, 0.5) is 0 Å². The van der Waals surface area contributed by atoms with Crippen LogP contribution in [0.3, 0.4) is 0 Å². The highest BCUT2D eigenvalue weighted by atomic mass is 16.5. The molecule has 3 aliphatic rings. The first-order valence-corrected chi connectivity index (χ1v) is 10.9. The maximum Gasteiger partial charge on any atom is 0.272 e. The topological polar surface area (TPSA) is 76.9 Å². The molecule has 160 valence electrons. The summed E-state index contributed by atoms with van der Waals surface area (Å²) >= 11 is 0. The number of likely N-dealkylation sites (tertiary alicyclic amines) is 1. The zero-order valence-electron chi connectivity index (χ0n) is 17.3. The Morgan fingerprint density at radius 1 is 1.14 bits per heavy atom. The number of hydrogen-bond donors (Lipinski definition) is 0. The Morgan fingerprint density at radius 3 is 2.62 bits per heavy atom. The van der Waals surface area contributed by atoms with Crippen molar-refractivity contribution in [2.24, 2.45) is 5.92 Å². The lowest BCUT2D eigenvalue weighted by Crippen LogP contribution is -2.51. The largest absolute Gasteiger partial charge is 0.378 e. The first-order valence-electron chi connectivity index (χ1n) is 10.9. The van der Waals surface area contributed by atoms with Crippen molar-refractivity contribution in [1.29, 1.82) is 0 Å². The standard InChI is InChI=1S/C21H32N4O4/c1-2-25-18(3-7-22-25)20(27)24-8-5-21(6-9-24)16-17(4-12-29-21)15-19(26)23-10-13-28-14-11-23/h3,7,17H,2,4-6,8-16H2,1H3. The van der Waals surface area contributed by atoms with Gasteiger partial charge in [-0.15, -0.1) is 0 Å². The van der Waals surface area contributed by atoms with Crippen LogP contribution in [0.2, 0.25) is 0 Å². The Morgan fingerprint density at radius 2 is 1.90 bits per heavy atom. The maximum absolute atomic E-state index is 12.9. The molecule has 3 saturated heterocycles. The quantitative estimate of drug-likeness (QED) is 0.761. The van der Waals surface area contributed by atoms with Gasteiger partial charge in [-0.05, 0) is 44.6 Å². The monoisotopic (exact) mass is 404 g/mol. The molecule has 3 aliphatic heterocycles. The smallest absolute Gasteiger partial charge is 0.272 e. The molecule has 0 aliphatic carbocycles. The van der Waals surface area contributed by atoms with E-state index in [2.05, 4.69) is 5.10 Å². The second kappa shape index (κ2) is 8.83. The molecule has 4 heterocycles. The highest BCUT2D eigenvalue weighted by molar-refractivity contribution is 5.92. The normalized spacial score (nSPS) is 24.7. The minimum Gasteiger partial charge on any atom is -0.378 e. The first kappa shape index (κ1) is 20.3. The molecule has 2 amide bonds. The third-order valence-corrected chi connectivity index (χ3v) is 6.62. The van der Waals surface area contributed by atoms with Crippen LogP contribution in [0.25, 0.3) is 0 Å². The molecule has 0 saturated carbocycles. The number of ether oxygens (including phenoxy) is 2. The van der Waals surface area contributed by atoms with Crippen LogP contribution >= 0.6 is 0 Å². The Hall–Kier alpha value is -1.93. The van der Waals surface area contributed by atoms with Crippen LogP contribution in [-0.2, 0) is 20.8 Å². The fourth-order valence-corrected chi connectivity index (χ4v) is 4.89. The van der Waals surface area contributed by atoms with Gasteiger partial charge in [-0.25, -0.2) is 0 Å². The van der Waals surface area contributed by atoms with Crippen LogP contribution in [-0.4, -0.2) is 83.0 Å². The summed E-state index contributed by atoms with van der Waals surface area (Å²) in [6, 6.07) is 1.79. The van der Waals surface area contributed by atoms with Gasteiger partial charge in [0.05, 0.1) is 18.8 Å². The summed E-state index contributed by atoms with van der Waals surface area (Å²) in [7, 11) is 0. The Kier molecular flexibility index (Phi) is 6.20. The maximum atomic E-state index is 12.9. The lowest BCUT2D eigenvalue weighted by Gasteiger charge is -2.46. The molecule has 8 nitrogen and oxygen atoms in total. The molecule has 0 bridgehead atoms. The Labute approximate surface area is 172 Å². The van der Waals surface area contributed by atoms with Gasteiger partial charge in [-0.1, -0.05) is 0 Å². The Bertz CT molecular complexity index is 720. The van der Waals surface area contributed by atoms with E-state index >= 15 is 0 Å². The highest BCUT2D eigenvalue weighted by Gasteiger charge is 2.42. The number of carbonyl (C=O) groups excluding carboxylic acids is 2. The summed E-state index contributed by atoms with van der Waals surface area (Å²) in [6.07, 6.45) is 5.81. The van der Waals surface area contributed by atoms with Gasteiger partial charge < -0.3 is 19.3 Å². The SMILES string of the molecule is CCn1nccc1C(=O)N1CCC2(CC1)CC(CC(=O)N1CCOCC1)CCO2. The molecule has 29 heavy (non-hydrogen) atoms. The van der Waals surface area contributed by atoms with Crippen LogP contribution in [0, 0.1) is 5.92 Å². The minimum absolute atomic E-state index is 0.0501. The summed E-state index contributed by atoms with van der Waals surface area (Å²) in [5, 5.41) is 4.21. The van der Waals surface area contributed by atoms with Gasteiger partial charge >= 0.3 is 0 Å². The van der Waals surface area contributed by atoms with Gasteiger partial charge in [0, 0.05) is 51.9 Å². The first-order chi connectivity index (χ1) is 14.1. The van der Waals surface area contributed by atoms with E-state index in [1.807, 2.05) is 16.7 Å². The van der Waals surface area contributed by atoms with E-state index in [4.69, 9.17) is 9.47 Å². The van der Waals surface area contributed by atoms with Crippen molar-refractivity contribution < 1.29 is 19.1 Å². The fraction of sp³-hybridized carbons (Fsp3) is 0.762. The van der Waals surface area contributed by atoms with E-state index in [0.29, 0.717) is 70.6 Å². The Balaban J connectivity index is 1.31. The van der Waals surface area contributed by atoms with Gasteiger partial charge in [0.2, 0.25) is 5.91 Å². The fourth-order valence-electron chi connectivity index (χ4n) is 4.89. The zero-order chi connectivity index (χ0) is 20.3. The predicted octanol–water partition coefficient (Wildman–Crippen LogP) is 1.55. The van der Waals surface area contributed by atoms with Gasteiger partial charge in [0.1, 0.15) is 5.69 Å². The molecule has 1 aromatic heterocycles. The third-order valence-electron chi connectivity index (χ3n) is 6.62. The molecule has 0 radical (unpaired) electrons. The number of morpholine rings is 1. The lowest BCUT2D eigenvalue weighted by atomic mass is 9.78. The molecule has 1 spiro atoms. The van der Waals surface area contributed by atoms with Crippen molar-refractivity contribution in [3.63, 3.8) is 0 Å². The number of hydrogen-bond acceptors (Lipinski definition) is 5. The third kappa shape index (κ3) is 4.48. The van der Waals surface area contributed by atoms with Crippen LogP contribution < -0.4 is 0 Å². The molecule has 1 atom stereocenters. The molecule has 1 unspecified atom stereocenters. The molecule has 0 N–H and O–H groups in total. The van der Waals surface area contributed by atoms with Gasteiger partial charge in [-0.3, -0.25) is 14.3 Å². The van der Waals surface area contributed by atoms with E-state index in [1.54, 1.807) is 16.9 Å². The molecule has 8 heteroatoms. The van der Waals surface area contributed by atoms with Crippen LogP contribution in [0.5, 0.6) is 0 Å². The average molecular weight is 405 g/mol. The number of nitrogens with zero attached hydrogens (tertiary/aromatic N) is 4. The van der Waals surface area contributed by atoms with Crippen molar-refractivity contribution in [2.45, 2.75) is 51.2 Å². The summed E-state index contributed by atoms with van der Waals surface area (Å²) in [6.45, 7) is 7.47. The second-order valence-corrected chi connectivity index (χ2v) is 8.41. The number of aromatic nitrogens is 2. The number of aryl methyl sites for hydroxylation is 1. The van der Waals surface area contributed by atoms with Crippen molar-refractivity contribution in [3.05, 3.63) is 18.0 Å². The van der Waals surface area contributed by atoms with E-state index in [-0.39, 0.29) is 17.4 Å². The van der Waals surface area contributed by atoms with E-state index in [0.717, 1.165) is 25.7 Å². The lowest BCUT2D eigenvalue weighted by molar-refractivity contribution is -0.143. The molecule has 0 aromatic carbocycles. The zero-order valence-corrected chi connectivity index (χ0v) is 17.3. The van der Waals surface area contributed by atoms with Gasteiger partial charge in [0.15, 0.2) is 0 Å². The van der Waals surface area contributed by atoms with E-state index < -0.39 is 0 Å². The van der Waals surface area contributed by atoms with Crippen molar-refractivity contribution in [2.75, 3.05) is 46.0 Å². The summed E-state index contributed by atoms with van der Waals surface area (Å²) in [5.74, 6) is 0.660. The number of piperidine rings is 1. The van der Waals surface area contributed by atoms with E-state index in [1.165, 1.54) is 0 Å². The molecular formula is C21H32N4O4. The molecular weight excluding hydrogens is 372 g/mol. The molecule has 1 aromatic rings. The van der Waals surface area contributed by atoms with Crippen molar-refractivity contribution in [1.82, 2.24) is 19.6 Å². The van der Waals surface area contributed by atoms with Gasteiger partial charge in [-0.2, -0.15) is 5.10 Å². The van der Waals surface area contributed by atoms with E-state index in [9.17, 15) is 9.59 Å². The van der Waals surface area contributed by atoms with Crippen LogP contribution in [0.15, 0.2) is 12.3 Å². The van der Waals surface area contributed by atoms with Crippen molar-refractivity contribution >= 4 is 11.8 Å². The number of carbonyl (C=O) groups is 2. The summed E-state index contributed by atoms with van der Waals surface area (Å²) in [5.41, 5.74) is 0.470. The predicted molar refractivity (Wildman–Crippen MR) is 106 cm³/mol. The highest BCUT2D eigenvalue weighted by Crippen LogP contribution is 2.39. The summed E-state index contributed by atoms with van der Waals surface area (Å²) in [4.78, 5) is 29.4. The molecule has 4 rings (SSSR count). The average Bonchev–Trinajstić information content (AvgIpc) is 3.23. The number of amides is 2. The summed E-state index contributed by atoms with van der Waals surface area (Å²) < 4.78 is 13.3. The van der Waals surface area contributed by atoms with Crippen molar-refractivity contribution in [3.8, 4) is 0 Å². The molecule has 3 fully saturated rings. The number of rotatable bonds is 4.